The summed E-state index contributed by atoms with van der Waals surface area (Å²) in [6, 6.07) is 0.114. The maximum Gasteiger partial charge on any atom is 0.154 e. The Morgan fingerprint density at radius 1 is 1.25 bits per heavy atom. The highest BCUT2D eigenvalue weighted by molar-refractivity contribution is 7.91. The minimum absolute atomic E-state index is 0.0590. The molecule has 0 bridgehead atoms. The lowest BCUT2D eigenvalue weighted by atomic mass is 9.97. The maximum atomic E-state index is 11.7. The first-order chi connectivity index (χ1) is 9.18. The van der Waals surface area contributed by atoms with E-state index in [0.717, 1.165) is 25.9 Å². The van der Waals surface area contributed by atoms with Crippen LogP contribution in [0.25, 0.3) is 0 Å². The van der Waals surface area contributed by atoms with E-state index in [9.17, 15) is 13.5 Å². The third-order valence-electron chi connectivity index (χ3n) is 4.26. The van der Waals surface area contributed by atoms with Crippen LogP contribution in [0.5, 0.6) is 0 Å². The van der Waals surface area contributed by atoms with Crippen LogP contribution in [0.4, 0.5) is 0 Å². The first-order valence-corrected chi connectivity index (χ1v) is 9.39. The van der Waals surface area contributed by atoms with E-state index in [2.05, 4.69) is 31.0 Å². The Balaban J connectivity index is 2.03. The highest BCUT2D eigenvalue weighted by atomic mass is 32.2. The molecule has 2 aliphatic rings. The van der Waals surface area contributed by atoms with Crippen LogP contribution in [0.1, 0.15) is 40.0 Å². The molecule has 0 aromatic carbocycles. The molecule has 0 saturated carbocycles. The number of hydrogen-bond acceptors (Lipinski definition) is 5. The molecule has 6 heteroatoms. The minimum Gasteiger partial charge on any atom is -0.390 e. The average Bonchev–Trinajstić information content (AvgIpc) is 2.59. The number of nitrogens with zero attached hydrogens (tertiary/aromatic N) is 1. The molecule has 2 saturated heterocycles. The van der Waals surface area contributed by atoms with Gasteiger partial charge in [-0.15, -0.1) is 0 Å². The molecule has 0 aliphatic carbocycles. The highest BCUT2D eigenvalue weighted by Crippen LogP contribution is 2.26. The van der Waals surface area contributed by atoms with E-state index >= 15 is 0 Å². The summed E-state index contributed by atoms with van der Waals surface area (Å²) in [6.45, 7) is 8.15. The van der Waals surface area contributed by atoms with Gasteiger partial charge in [0.2, 0.25) is 0 Å². The summed E-state index contributed by atoms with van der Waals surface area (Å²) in [5, 5.41) is 13.6. The molecule has 0 aromatic rings. The standard InChI is InChI=1S/C14H28N2O3S/c1-14(2,3)15-8-11-6-4-5-7-16(11)12-9-20(18,19)10-13(12)17/h11-13,15,17H,4-10H2,1-3H3. The molecule has 3 atom stereocenters. The maximum absolute atomic E-state index is 11.7. The molecular formula is C14H28N2O3S. The van der Waals surface area contributed by atoms with E-state index in [4.69, 9.17) is 0 Å². The number of hydrogen-bond donors (Lipinski definition) is 2. The van der Waals surface area contributed by atoms with Gasteiger partial charge in [-0.3, -0.25) is 4.90 Å². The van der Waals surface area contributed by atoms with Crippen molar-refractivity contribution in [2.24, 2.45) is 0 Å². The van der Waals surface area contributed by atoms with Gasteiger partial charge in [-0.2, -0.15) is 0 Å². The van der Waals surface area contributed by atoms with E-state index in [1.165, 1.54) is 6.42 Å². The van der Waals surface area contributed by atoms with Crippen molar-refractivity contribution in [1.82, 2.24) is 10.2 Å². The third kappa shape index (κ3) is 4.16. The summed E-state index contributed by atoms with van der Waals surface area (Å²) in [6.07, 6.45) is 2.62. The molecule has 0 amide bonds. The summed E-state index contributed by atoms with van der Waals surface area (Å²) >= 11 is 0. The molecule has 0 aromatic heterocycles. The molecule has 0 radical (unpaired) electrons. The van der Waals surface area contributed by atoms with Crippen LogP contribution in [0.3, 0.4) is 0 Å². The zero-order chi connectivity index (χ0) is 15.0. The molecule has 0 spiro atoms. The van der Waals surface area contributed by atoms with Gasteiger partial charge in [-0.1, -0.05) is 6.42 Å². The van der Waals surface area contributed by atoms with E-state index in [1.54, 1.807) is 0 Å². The number of aliphatic hydroxyl groups is 1. The lowest BCUT2D eigenvalue weighted by molar-refractivity contribution is 0.0327. The predicted molar refractivity (Wildman–Crippen MR) is 80.5 cm³/mol. The van der Waals surface area contributed by atoms with Gasteiger partial charge in [0.1, 0.15) is 0 Å². The average molecular weight is 304 g/mol. The van der Waals surface area contributed by atoms with Gasteiger partial charge in [0.25, 0.3) is 0 Å². The second-order valence-corrected chi connectivity index (χ2v) is 9.38. The second-order valence-electron chi connectivity index (χ2n) is 7.23. The Hall–Kier alpha value is -0.170. The predicted octanol–water partition coefficient (Wildman–Crippen LogP) is 0.387. The third-order valence-corrected chi connectivity index (χ3v) is 5.96. The largest absolute Gasteiger partial charge is 0.390 e. The summed E-state index contributed by atoms with van der Waals surface area (Å²) in [5.41, 5.74) is 0.0590. The zero-order valence-corrected chi connectivity index (χ0v) is 13.6. The fourth-order valence-corrected chi connectivity index (χ4v) is 5.04. The van der Waals surface area contributed by atoms with Crippen LogP contribution in [0.15, 0.2) is 0 Å². The number of piperidine rings is 1. The van der Waals surface area contributed by atoms with Crippen LogP contribution in [-0.4, -0.2) is 66.7 Å². The Bertz CT molecular complexity index is 430. The van der Waals surface area contributed by atoms with Gasteiger partial charge in [0.15, 0.2) is 9.84 Å². The van der Waals surface area contributed by atoms with Crippen molar-refractivity contribution in [1.29, 1.82) is 0 Å². The quantitative estimate of drug-likeness (QED) is 0.789. The van der Waals surface area contributed by atoms with E-state index < -0.39 is 15.9 Å². The minimum atomic E-state index is -3.07. The summed E-state index contributed by atoms with van der Waals surface area (Å²) in [7, 11) is -3.07. The van der Waals surface area contributed by atoms with Crippen LogP contribution in [0.2, 0.25) is 0 Å². The topological polar surface area (TPSA) is 69.6 Å². The van der Waals surface area contributed by atoms with Crippen molar-refractivity contribution < 1.29 is 13.5 Å². The zero-order valence-electron chi connectivity index (χ0n) is 12.8. The number of likely N-dealkylation sites (tertiary alicyclic amines) is 1. The Morgan fingerprint density at radius 3 is 2.50 bits per heavy atom. The fraction of sp³-hybridized carbons (Fsp3) is 1.00. The second kappa shape index (κ2) is 5.91. The molecule has 2 aliphatic heterocycles. The van der Waals surface area contributed by atoms with Crippen LogP contribution in [0, 0.1) is 0 Å². The van der Waals surface area contributed by atoms with Crippen LogP contribution >= 0.6 is 0 Å². The smallest absolute Gasteiger partial charge is 0.154 e. The summed E-state index contributed by atoms with van der Waals surface area (Å²) in [5.74, 6) is 0.0355. The normalized spacial score (nSPS) is 35.3. The molecule has 118 valence electrons. The van der Waals surface area contributed by atoms with E-state index in [-0.39, 0.29) is 23.1 Å². The number of aliphatic hydroxyl groups excluding tert-OH is 1. The Labute approximate surface area is 122 Å². The van der Waals surface area contributed by atoms with Gasteiger partial charge < -0.3 is 10.4 Å². The summed E-state index contributed by atoms with van der Waals surface area (Å²) in [4.78, 5) is 2.23. The van der Waals surface area contributed by atoms with E-state index in [0.29, 0.717) is 6.04 Å². The summed E-state index contributed by atoms with van der Waals surface area (Å²) < 4.78 is 23.4. The Morgan fingerprint density at radius 2 is 1.95 bits per heavy atom. The number of sulfone groups is 1. The van der Waals surface area contributed by atoms with Crippen molar-refractivity contribution in [3.63, 3.8) is 0 Å². The van der Waals surface area contributed by atoms with Gasteiger partial charge in [0.05, 0.1) is 23.7 Å². The van der Waals surface area contributed by atoms with Crippen molar-refractivity contribution in [2.75, 3.05) is 24.6 Å². The number of nitrogens with one attached hydrogen (secondary N) is 1. The molecule has 2 N–H and O–H groups in total. The molecule has 5 nitrogen and oxygen atoms in total. The van der Waals surface area contributed by atoms with Crippen LogP contribution < -0.4 is 5.32 Å². The highest BCUT2D eigenvalue weighted by Gasteiger charge is 2.42. The van der Waals surface area contributed by atoms with Gasteiger partial charge >= 0.3 is 0 Å². The first kappa shape index (κ1) is 16.2. The lowest BCUT2D eigenvalue weighted by Gasteiger charge is -2.41. The Kier molecular flexibility index (Phi) is 4.79. The number of rotatable bonds is 3. The monoisotopic (exact) mass is 304 g/mol. The first-order valence-electron chi connectivity index (χ1n) is 7.57. The molecule has 20 heavy (non-hydrogen) atoms. The molecule has 2 fully saturated rings. The molecular weight excluding hydrogens is 276 g/mol. The van der Waals surface area contributed by atoms with Crippen molar-refractivity contribution in [2.45, 2.75) is 63.8 Å². The van der Waals surface area contributed by atoms with Crippen molar-refractivity contribution in [3.05, 3.63) is 0 Å². The van der Waals surface area contributed by atoms with Crippen molar-refractivity contribution in [3.8, 4) is 0 Å². The molecule has 3 unspecified atom stereocenters. The van der Waals surface area contributed by atoms with Gasteiger partial charge in [-0.05, 0) is 40.2 Å². The fourth-order valence-electron chi connectivity index (χ4n) is 3.23. The van der Waals surface area contributed by atoms with Gasteiger partial charge in [0, 0.05) is 18.1 Å². The lowest BCUT2D eigenvalue weighted by Crippen LogP contribution is -2.55. The van der Waals surface area contributed by atoms with Gasteiger partial charge in [-0.25, -0.2) is 8.42 Å². The van der Waals surface area contributed by atoms with Crippen LogP contribution in [-0.2, 0) is 9.84 Å². The van der Waals surface area contributed by atoms with E-state index in [1.807, 2.05) is 0 Å². The SMILES string of the molecule is CC(C)(C)NCC1CCCCN1C1CS(=O)(=O)CC1O. The molecule has 2 heterocycles. The van der Waals surface area contributed by atoms with Crippen molar-refractivity contribution >= 4 is 9.84 Å². The molecule has 2 rings (SSSR count).